The molecular formula is C13H23N3. The molecule has 0 saturated carbocycles. The van der Waals surface area contributed by atoms with Crippen molar-refractivity contribution in [3.05, 3.63) is 23.0 Å². The van der Waals surface area contributed by atoms with E-state index in [1.165, 1.54) is 42.9 Å². The minimum atomic E-state index is 0.659. The summed E-state index contributed by atoms with van der Waals surface area (Å²) >= 11 is 0. The van der Waals surface area contributed by atoms with Gasteiger partial charge in [0.25, 0.3) is 0 Å². The van der Waals surface area contributed by atoms with Crippen molar-refractivity contribution in [3.8, 4) is 0 Å². The first-order valence-electron chi connectivity index (χ1n) is 6.17. The van der Waals surface area contributed by atoms with Crippen LogP contribution in [0.25, 0.3) is 0 Å². The van der Waals surface area contributed by atoms with Crippen molar-refractivity contribution in [3.63, 3.8) is 0 Å². The number of hydrogen-bond donors (Lipinski definition) is 1. The van der Waals surface area contributed by atoms with Crippen LogP contribution in [0.1, 0.15) is 35.7 Å². The zero-order chi connectivity index (χ0) is 11.7. The maximum absolute atomic E-state index is 5.76. The number of aromatic nitrogens is 1. The molecule has 16 heavy (non-hydrogen) atoms. The molecule has 1 aliphatic heterocycles. The van der Waals surface area contributed by atoms with Crippen LogP contribution in [0, 0.1) is 6.92 Å². The molecule has 0 aliphatic carbocycles. The van der Waals surface area contributed by atoms with Crippen LogP contribution in [0.5, 0.6) is 0 Å². The van der Waals surface area contributed by atoms with Crippen molar-refractivity contribution >= 4 is 0 Å². The van der Waals surface area contributed by atoms with Crippen LogP contribution in [0.4, 0.5) is 0 Å². The molecule has 1 aliphatic rings. The van der Waals surface area contributed by atoms with E-state index in [1.54, 1.807) is 0 Å². The van der Waals surface area contributed by atoms with E-state index in [9.17, 15) is 0 Å². The summed E-state index contributed by atoms with van der Waals surface area (Å²) in [5, 5.41) is 0. The van der Waals surface area contributed by atoms with Crippen LogP contribution in [0.3, 0.4) is 0 Å². The first-order chi connectivity index (χ1) is 7.63. The van der Waals surface area contributed by atoms with Gasteiger partial charge >= 0.3 is 0 Å². The second-order valence-electron chi connectivity index (χ2n) is 5.02. The SMILES string of the molecule is Cc1c(CN)cc(C2CCN(C)CC2)n1C. The summed E-state index contributed by atoms with van der Waals surface area (Å²) < 4.78 is 2.33. The highest BCUT2D eigenvalue weighted by Crippen LogP contribution is 2.29. The number of rotatable bonds is 2. The van der Waals surface area contributed by atoms with Gasteiger partial charge in [0, 0.05) is 30.9 Å². The van der Waals surface area contributed by atoms with Gasteiger partial charge in [-0.3, -0.25) is 0 Å². The largest absolute Gasteiger partial charge is 0.351 e. The Hall–Kier alpha value is -0.800. The predicted molar refractivity (Wildman–Crippen MR) is 67.5 cm³/mol. The zero-order valence-corrected chi connectivity index (χ0v) is 10.7. The summed E-state index contributed by atoms with van der Waals surface area (Å²) in [5.41, 5.74) is 9.87. The predicted octanol–water partition coefficient (Wildman–Crippen LogP) is 1.60. The fraction of sp³-hybridized carbons (Fsp3) is 0.692. The summed E-state index contributed by atoms with van der Waals surface area (Å²) in [5.74, 6) is 0.722. The molecule has 1 aromatic rings. The first kappa shape index (κ1) is 11.7. The average molecular weight is 221 g/mol. The van der Waals surface area contributed by atoms with Crippen molar-refractivity contribution in [1.29, 1.82) is 0 Å². The molecule has 0 aromatic carbocycles. The van der Waals surface area contributed by atoms with E-state index >= 15 is 0 Å². The van der Waals surface area contributed by atoms with Gasteiger partial charge in [-0.15, -0.1) is 0 Å². The lowest BCUT2D eigenvalue weighted by atomic mass is 9.93. The zero-order valence-electron chi connectivity index (χ0n) is 10.7. The van der Waals surface area contributed by atoms with Gasteiger partial charge in [-0.25, -0.2) is 0 Å². The fourth-order valence-corrected chi connectivity index (χ4v) is 2.69. The second-order valence-corrected chi connectivity index (χ2v) is 5.02. The quantitative estimate of drug-likeness (QED) is 0.823. The number of piperidine rings is 1. The smallest absolute Gasteiger partial charge is 0.0209 e. The highest BCUT2D eigenvalue weighted by atomic mass is 15.1. The molecule has 0 amide bonds. The first-order valence-corrected chi connectivity index (χ1v) is 6.17. The van der Waals surface area contributed by atoms with Crippen LogP contribution in [-0.4, -0.2) is 29.6 Å². The van der Waals surface area contributed by atoms with Crippen LogP contribution < -0.4 is 5.73 Å². The minimum absolute atomic E-state index is 0.659. The van der Waals surface area contributed by atoms with E-state index in [1.807, 2.05) is 0 Å². The third kappa shape index (κ3) is 2.02. The van der Waals surface area contributed by atoms with Gasteiger partial charge in [0.2, 0.25) is 0 Å². The Balaban J connectivity index is 2.20. The van der Waals surface area contributed by atoms with E-state index < -0.39 is 0 Å². The molecule has 0 bridgehead atoms. The Bertz CT molecular complexity index is 359. The highest BCUT2D eigenvalue weighted by molar-refractivity contribution is 5.29. The molecule has 1 saturated heterocycles. The van der Waals surface area contributed by atoms with Crippen LogP contribution in [-0.2, 0) is 13.6 Å². The van der Waals surface area contributed by atoms with Gasteiger partial charge in [0.05, 0.1) is 0 Å². The summed E-state index contributed by atoms with van der Waals surface area (Å²) in [6.07, 6.45) is 2.55. The summed E-state index contributed by atoms with van der Waals surface area (Å²) in [4.78, 5) is 2.41. The van der Waals surface area contributed by atoms with E-state index in [4.69, 9.17) is 5.73 Å². The van der Waals surface area contributed by atoms with Gasteiger partial charge in [-0.1, -0.05) is 0 Å². The lowest BCUT2D eigenvalue weighted by molar-refractivity contribution is 0.251. The number of nitrogens with two attached hydrogens (primary N) is 1. The molecule has 0 unspecified atom stereocenters. The average Bonchev–Trinajstić information content (AvgIpc) is 2.57. The molecule has 1 aromatic heterocycles. The molecule has 3 heteroatoms. The lowest BCUT2D eigenvalue weighted by Crippen LogP contribution is -2.29. The second kappa shape index (κ2) is 4.60. The third-order valence-electron chi connectivity index (χ3n) is 4.03. The number of nitrogens with zero attached hydrogens (tertiary/aromatic N) is 2. The normalized spacial score (nSPS) is 19.2. The van der Waals surface area contributed by atoms with Crippen LogP contribution in [0.2, 0.25) is 0 Å². The van der Waals surface area contributed by atoms with E-state index in [-0.39, 0.29) is 0 Å². The van der Waals surface area contributed by atoms with Gasteiger partial charge in [0.1, 0.15) is 0 Å². The lowest BCUT2D eigenvalue weighted by Gasteiger charge is -2.29. The summed E-state index contributed by atoms with van der Waals surface area (Å²) in [7, 11) is 4.37. The monoisotopic (exact) mass is 221 g/mol. The summed E-state index contributed by atoms with van der Waals surface area (Å²) in [6, 6.07) is 2.31. The molecule has 2 heterocycles. The molecule has 0 radical (unpaired) electrons. The van der Waals surface area contributed by atoms with E-state index in [0.29, 0.717) is 6.54 Å². The molecular weight excluding hydrogens is 198 g/mol. The van der Waals surface area contributed by atoms with E-state index in [0.717, 1.165) is 5.92 Å². The fourth-order valence-electron chi connectivity index (χ4n) is 2.69. The molecule has 3 nitrogen and oxygen atoms in total. The Morgan fingerprint density at radius 2 is 1.94 bits per heavy atom. The highest BCUT2D eigenvalue weighted by Gasteiger charge is 2.22. The Morgan fingerprint density at radius 1 is 1.31 bits per heavy atom. The van der Waals surface area contributed by atoms with Gasteiger partial charge < -0.3 is 15.2 Å². The topological polar surface area (TPSA) is 34.2 Å². The van der Waals surface area contributed by atoms with Crippen molar-refractivity contribution < 1.29 is 0 Å². The summed E-state index contributed by atoms with van der Waals surface area (Å²) in [6.45, 7) is 5.26. The van der Waals surface area contributed by atoms with Gasteiger partial charge in [-0.05, 0) is 51.5 Å². The van der Waals surface area contributed by atoms with Crippen molar-refractivity contribution in [2.75, 3.05) is 20.1 Å². The van der Waals surface area contributed by atoms with Crippen LogP contribution in [0.15, 0.2) is 6.07 Å². The Kier molecular flexibility index (Phi) is 3.36. The number of hydrogen-bond acceptors (Lipinski definition) is 2. The van der Waals surface area contributed by atoms with Crippen molar-refractivity contribution in [2.45, 2.75) is 32.2 Å². The number of likely N-dealkylation sites (tertiary alicyclic amines) is 1. The van der Waals surface area contributed by atoms with Crippen LogP contribution >= 0.6 is 0 Å². The van der Waals surface area contributed by atoms with Crippen molar-refractivity contribution in [2.24, 2.45) is 12.8 Å². The van der Waals surface area contributed by atoms with E-state index in [2.05, 4.69) is 36.6 Å². The molecule has 2 rings (SSSR count). The van der Waals surface area contributed by atoms with Crippen molar-refractivity contribution in [1.82, 2.24) is 9.47 Å². The Labute approximate surface area is 98.2 Å². The molecule has 1 fully saturated rings. The molecule has 2 N–H and O–H groups in total. The Morgan fingerprint density at radius 3 is 2.44 bits per heavy atom. The molecule has 0 atom stereocenters. The molecule has 0 spiro atoms. The van der Waals surface area contributed by atoms with Gasteiger partial charge in [-0.2, -0.15) is 0 Å². The maximum Gasteiger partial charge on any atom is 0.0209 e. The molecule has 90 valence electrons. The standard InChI is InChI=1S/C13H23N3/c1-10-12(9-14)8-13(16(10)3)11-4-6-15(2)7-5-11/h8,11H,4-7,9,14H2,1-3H3. The minimum Gasteiger partial charge on any atom is -0.351 e. The van der Waals surface area contributed by atoms with Gasteiger partial charge in [0.15, 0.2) is 0 Å². The maximum atomic E-state index is 5.76. The third-order valence-corrected chi connectivity index (χ3v) is 4.03.